The molecule has 1 heterocycles. The minimum atomic E-state index is 0.577. The summed E-state index contributed by atoms with van der Waals surface area (Å²) in [5.41, 5.74) is 7.11. The lowest BCUT2D eigenvalue weighted by molar-refractivity contribution is 0.411. The first-order chi connectivity index (χ1) is 6.85. The summed E-state index contributed by atoms with van der Waals surface area (Å²) in [4.78, 5) is 0. The highest BCUT2D eigenvalue weighted by molar-refractivity contribution is 5.80. The van der Waals surface area contributed by atoms with Gasteiger partial charge in [0.25, 0.3) is 0 Å². The number of nitrogens with zero attached hydrogens (tertiary/aromatic N) is 1. The van der Waals surface area contributed by atoms with E-state index in [1.165, 1.54) is 0 Å². The predicted octanol–water partition coefficient (Wildman–Crippen LogP) is 1.34. The Morgan fingerprint density at radius 2 is 2.36 bits per heavy atom. The van der Waals surface area contributed by atoms with Gasteiger partial charge in [0.15, 0.2) is 5.58 Å². The molecule has 2 N–H and O–H groups in total. The standard InChI is InChI=1S/C10H12N2O2/c1-13-7-2-3-8-9(4-5-11)12-14-10(8)6-7/h2-3,6H,4-5,11H2,1H3. The molecule has 2 rings (SSSR count). The number of hydrogen-bond acceptors (Lipinski definition) is 4. The Morgan fingerprint density at radius 1 is 1.50 bits per heavy atom. The fourth-order valence-corrected chi connectivity index (χ4v) is 1.41. The third-order valence-electron chi connectivity index (χ3n) is 2.14. The van der Waals surface area contributed by atoms with E-state index in [9.17, 15) is 0 Å². The summed E-state index contributed by atoms with van der Waals surface area (Å²) in [6.45, 7) is 0.577. The van der Waals surface area contributed by atoms with Crippen LogP contribution in [-0.2, 0) is 6.42 Å². The number of nitrogens with two attached hydrogens (primary N) is 1. The van der Waals surface area contributed by atoms with E-state index in [0.29, 0.717) is 6.54 Å². The average molecular weight is 192 g/mol. The van der Waals surface area contributed by atoms with E-state index < -0.39 is 0 Å². The van der Waals surface area contributed by atoms with Gasteiger partial charge in [-0.25, -0.2) is 0 Å². The number of ether oxygens (including phenoxy) is 1. The Bertz CT molecular complexity index is 437. The number of benzene rings is 1. The van der Waals surface area contributed by atoms with Crippen LogP contribution in [0, 0.1) is 0 Å². The van der Waals surface area contributed by atoms with Crippen LogP contribution in [0.4, 0.5) is 0 Å². The molecule has 0 aliphatic carbocycles. The van der Waals surface area contributed by atoms with Crippen LogP contribution in [0.5, 0.6) is 5.75 Å². The summed E-state index contributed by atoms with van der Waals surface area (Å²) in [5.74, 6) is 0.771. The van der Waals surface area contributed by atoms with E-state index in [1.807, 2.05) is 18.2 Å². The molecule has 0 aliphatic rings. The highest BCUT2D eigenvalue weighted by atomic mass is 16.5. The van der Waals surface area contributed by atoms with Crippen LogP contribution in [0.2, 0.25) is 0 Å². The molecule has 0 saturated carbocycles. The van der Waals surface area contributed by atoms with Crippen LogP contribution < -0.4 is 10.5 Å². The molecule has 4 heteroatoms. The highest BCUT2D eigenvalue weighted by Gasteiger charge is 2.07. The second-order valence-electron chi connectivity index (χ2n) is 3.03. The number of methoxy groups -OCH3 is 1. The summed E-state index contributed by atoms with van der Waals surface area (Å²) < 4.78 is 10.2. The topological polar surface area (TPSA) is 61.3 Å². The van der Waals surface area contributed by atoms with Gasteiger partial charge in [-0.1, -0.05) is 5.16 Å². The number of fused-ring (bicyclic) bond motifs is 1. The Hall–Kier alpha value is -1.55. The van der Waals surface area contributed by atoms with Gasteiger partial charge in [0.2, 0.25) is 0 Å². The minimum absolute atomic E-state index is 0.577. The van der Waals surface area contributed by atoms with Crippen molar-refractivity contribution in [3.8, 4) is 5.75 Å². The van der Waals surface area contributed by atoms with E-state index in [4.69, 9.17) is 15.0 Å². The molecular weight excluding hydrogens is 180 g/mol. The quantitative estimate of drug-likeness (QED) is 0.797. The lowest BCUT2D eigenvalue weighted by atomic mass is 10.2. The Kier molecular flexibility index (Phi) is 2.37. The van der Waals surface area contributed by atoms with E-state index in [-0.39, 0.29) is 0 Å². The molecule has 0 bridgehead atoms. The summed E-state index contributed by atoms with van der Waals surface area (Å²) in [6.07, 6.45) is 0.735. The first-order valence-electron chi connectivity index (χ1n) is 4.47. The molecule has 14 heavy (non-hydrogen) atoms. The molecule has 1 aromatic carbocycles. The van der Waals surface area contributed by atoms with Gasteiger partial charge in [-0.3, -0.25) is 0 Å². The van der Waals surface area contributed by atoms with Gasteiger partial charge in [0.1, 0.15) is 5.75 Å². The van der Waals surface area contributed by atoms with Crippen LogP contribution in [0.15, 0.2) is 22.7 Å². The molecule has 0 amide bonds. The van der Waals surface area contributed by atoms with Crippen molar-refractivity contribution in [2.75, 3.05) is 13.7 Å². The molecule has 0 aliphatic heterocycles. The third-order valence-corrected chi connectivity index (χ3v) is 2.14. The van der Waals surface area contributed by atoms with Gasteiger partial charge < -0.3 is 15.0 Å². The number of hydrogen-bond donors (Lipinski definition) is 1. The Labute approximate surface area is 81.6 Å². The summed E-state index contributed by atoms with van der Waals surface area (Å²) in [6, 6.07) is 5.65. The maximum Gasteiger partial charge on any atom is 0.170 e. The van der Waals surface area contributed by atoms with E-state index in [1.54, 1.807) is 7.11 Å². The summed E-state index contributed by atoms with van der Waals surface area (Å²) in [5, 5.41) is 4.96. The average Bonchev–Trinajstić information content (AvgIpc) is 2.61. The van der Waals surface area contributed by atoms with Gasteiger partial charge in [-0.2, -0.15) is 0 Å². The zero-order valence-electron chi connectivity index (χ0n) is 7.99. The fourth-order valence-electron chi connectivity index (χ4n) is 1.41. The van der Waals surface area contributed by atoms with Crippen LogP contribution in [0.1, 0.15) is 5.69 Å². The number of aromatic nitrogens is 1. The molecule has 0 saturated heterocycles. The van der Waals surface area contributed by atoms with Gasteiger partial charge in [0.05, 0.1) is 12.8 Å². The molecule has 2 aromatic rings. The zero-order chi connectivity index (χ0) is 9.97. The maximum atomic E-state index is 5.46. The SMILES string of the molecule is COc1ccc2c(CCN)noc2c1. The Morgan fingerprint density at radius 3 is 3.07 bits per heavy atom. The van der Waals surface area contributed by atoms with Crippen molar-refractivity contribution in [3.05, 3.63) is 23.9 Å². The smallest absolute Gasteiger partial charge is 0.170 e. The first kappa shape index (κ1) is 9.02. The second-order valence-corrected chi connectivity index (χ2v) is 3.03. The molecule has 74 valence electrons. The van der Waals surface area contributed by atoms with E-state index in [0.717, 1.165) is 28.8 Å². The third kappa shape index (κ3) is 1.44. The van der Waals surface area contributed by atoms with Gasteiger partial charge >= 0.3 is 0 Å². The van der Waals surface area contributed by atoms with Crippen molar-refractivity contribution in [1.29, 1.82) is 0 Å². The van der Waals surface area contributed by atoms with Gasteiger partial charge in [0, 0.05) is 17.9 Å². The fraction of sp³-hybridized carbons (Fsp3) is 0.300. The van der Waals surface area contributed by atoms with Crippen LogP contribution >= 0.6 is 0 Å². The Balaban J connectivity index is 2.48. The molecule has 0 atom stereocenters. The molecule has 0 spiro atoms. The van der Waals surface area contributed by atoms with Crippen molar-refractivity contribution < 1.29 is 9.26 Å². The maximum absolute atomic E-state index is 5.46. The van der Waals surface area contributed by atoms with Crippen molar-refractivity contribution in [2.24, 2.45) is 5.73 Å². The minimum Gasteiger partial charge on any atom is -0.497 e. The monoisotopic (exact) mass is 192 g/mol. The summed E-state index contributed by atoms with van der Waals surface area (Å²) >= 11 is 0. The van der Waals surface area contributed by atoms with Gasteiger partial charge in [-0.15, -0.1) is 0 Å². The predicted molar refractivity (Wildman–Crippen MR) is 53.3 cm³/mol. The second kappa shape index (κ2) is 3.67. The summed E-state index contributed by atoms with van der Waals surface area (Å²) in [7, 11) is 1.62. The first-order valence-corrected chi connectivity index (χ1v) is 4.47. The number of rotatable bonds is 3. The zero-order valence-corrected chi connectivity index (χ0v) is 7.99. The van der Waals surface area contributed by atoms with Crippen molar-refractivity contribution in [3.63, 3.8) is 0 Å². The van der Waals surface area contributed by atoms with Crippen molar-refractivity contribution >= 4 is 11.0 Å². The lowest BCUT2D eigenvalue weighted by Gasteiger charge is -1.97. The molecule has 0 fully saturated rings. The van der Waals surface area contributed by atoms with Crippen LogP contribution in [0.25, 0.3) is 11.0 Å². The van der Waals surface area contributed by atoms with Crippen LogP contribution in [0.3, 0.4) is 0 Å². The van der Waals surface area contributed by atoms with E-state index >= 15 is 0 Å². The largest absolute Gasteiger partial charge is 0.497 e. The molecular formula is C10H12N2O2. The lowest BCUT2D eigenvalue weighted by Crippen LogP contribution is -2.02. The normalized spacial score (nSPS) is 10.7. The van der Waals surface area contributed by atoms with Crippen molar-refractivity contribution in [2.45, 2.75) is 6.42 Å². The van der Waals surface area contributed by atoms with Crippen LogP contribution in [-0.4, -0.2) is 18.8 Å². The molecule has 0 unspecified atom stereocenters. The molecule has 1 aromatic heterocycles. The molecule has 0 radical (unpaired) electrons. The van der Waals surface area contributed by atoms with Crippen molar-refractivity contribution in [1.82, 2.24) is 5.16 Å². The highest BCUT2D eigenvalue weighted by Crippen LogP contribution is 2.23. The van der Waals surface area contributed by atoms with Gasteiger partial charge in [-0.05, 0) is 18.7 Å². The molecule has 4 nitrogen and oxygen atoms in total. The van der Waals surface area contributed by atoms with E-state index in [2.05, 4.69) is 5.16 Å².